The van der Waals surface area contributed by atoms with Crippen molar-refractivity contribution < 1.29 is 4.74 Å². The Kier molecular flexibility index (Phi) is 4.48. The van der Waals surface area contributed by atoms with Crippen LogP contribution in [0.25, 0.3) is 0 Å². The summed E-state index contributed by atoms with van der Waals surface area (Å²) in [7, 11) is 5.80. The molecule has 0 saturated carbocycles. The summed E-state index contributed by atoms with van der Waals surface area (Å²) in [6.07, 6.45) is 2.64. The second kappa shape index (κ2) is 6.54. The summed E-state index contributed by atoms with van der Waals surface area (Å²) in [5, 5.41) is 0. The fourth-order valence-corrected chi connectivity index (χ4v) is 3.17. The first-order chi connectivity index (χ1) is 11.1. The van der Waals surface area contributed by atoms with Crippen molar-refractivity contribution in [2.24, 2.45) is 0 Å². The maximum atomic E-state index is 5.51. The van der Waals surface area contributed by atoms with Gasteiger partial charge in [0.25, 0.3) is 0 Å². The average molecular weight is 312 g/mol. The Bertz CT molecular complexity index is 699. The van der Waals surface area contributed by atoms with Crippen LogP contribution in [-0.4, -0.2) is 42.6 Å². The zero-order valence-electron chi connectivity index (χ0n) is 14.3. The molecular weight excluding hydrogens is 288 g/mol. The lowest BCUT2D eigenvalue weighted by atomic mass is 10.0. The zero-order chi connectivity index (χ0) is 16.4. The number of aromatic nitrogens is 2. The second-order valence-corrected chi connectivity index (χ2v) is 6.29. The molecule has 0 bridgehead atoms. The van der Waals surface area contributed by atoms with E-state index in [-0.39, 0.29) is 0 Å². The van der Waals surface area contributed by atoms with Crippen LogP contribution in [0.1, 0.15) is 22.4 Å². The Hall–Kier alpha value is -2.14. The molecule has 0 aliphatic carbocycles. The highest BCUT2D eigenvalue weighted by Crippen LogP contribution is 2.27. The molecule has 5 nitrogen and oxygen atoms in total. The number of methoxy groups -OCH3 is 1. The summed E-state index contributed by atoms with van der Waals surface area (Å²) in [6.45, 7) is 4.88. The highest BCUT2D eigenvalue weighted by atomic mass is 16.5. The van der Waals surface area contributed by atoms with Gasteiger partial charge in [-0.25, -0.2) is 9.97 Å². The minimum atomic E-state index is 0.876. The lowest BCUT2D eigenvalue weighted by molar-refractivity contribution is 0.239. The molecule has 2 heterocycles. The van der Waals surface area contributed by atoms with Gasteiger partial charge in [-0.15, -0.1) is 0 Å². The summed E-state index contributed by atoms with van der Waals surface area (Å²) in [4.78, 5) is 13.4. The van der Waals surface area contributed by atoms with E-state index < -0.39 is 0 Å². The summed E-state index contributed by atoms with van der Waals surface area (Å²) in [5.41, 5.74) is 4.92. The van der Waals surface area contributed by atoms with Crippen LogP contribution in [0.4, 0.5) is 5.82 Å². The van der Waals surface area contributed by atoms with E-state index in [1.807, 2.05) is 14.1 Å². The van der Waals surface area contributed by atoms with Crippen molar-refractivity contribution in [3.63, 3.8) is 0 Å². The average Bonchev–Trinajstić information content (AvgIpc) is 2.54. The first-order valence-corrected chi connectivity index (χ1v) is 7.94. The van der Waals surface area contributed by atoms with Crippen molar-refractivity contribution in [2.45, 2.75) is 26.4 Å². The molecular formula is C18H24N4O. The van der Waals surface area contributed by atoms with Gasteiger partial charge in [0.15, 0.2) is 0 Å². The van der Waals surface area contributed by atoms with Crippen LogP contribution in [0.2, 0.25) is 0 Å². The number of nitrogens with zero attached hydrogens (tertiary/aromatic N) is 4. The Morgan fingerprint density at radius 2 is 2.09 bits per heavy atom. The van der Waals surface area contributed by atoms with E-state index in [4.69, 9.17) is 4.74 Å². The van der Waals surface area contributed by atoms with Crippen LogP contribution in [0.5, 0.6) is 5.75 Å². The van der Waals surface area contributed by atoms with Crippen molar-refractivity contribution in [3.8, 4) is 5.75 Å². The summed E-state index contributed by atoms with van der Waals surface area (Å²) < 4.78 is 5.51. The topological polar surface area (TPSA) is 41.5 Å². The van der Waals surface area contributed by atoms with Gasteiger partial charge >= 0.3 is 0 Å². The first-order valence-electron chi connectivity index (χ1n) is 7.94. The van der Waals surface area contributed by atoms with Gasteiger partial charge in [-0.1, -0.05) is 17.7 Å². The minimum Gasteiger partial charge on any atom is -0.496 e. The van der Waals surface area contributed by atoms with E-state index in [2.05, 4.69) is 44.9 Å². The van der Waals surface area contributed by atoms with Gasteiger partial charge in [-0.3, -0.25) is 4.90 Å². The molecule has 1 aliphatic rings. The number of benzene rings is 1. The van der Waals surface area contributed by atoms with Gasteiger partial charge in [0.1, 0.15) is 17.9 Å². The molecule has 1 aliphatic heterocycles. The normalized spacial score (nSPS) is 14.4. The predicted octanol–water partition coefficient (Wildman–Crippen LogP) is 2.42. The molecule has 3 rings (SSSR count). The third-order valence-electron chi connectivity index (χ3n) is 4.31. The smallest absolute Gasteiger partial charge is 0.136 e. The molecule has 2 aromatic rings. The summed E-state index contributed by atoms with van der Waals surface area (Å²) in [5.74, 6) is 1.98. The third kappa shape index (κ3) is 3.29. The molecule has 0 fully saturated rings. The number of aryl methyl sites for hydroxylation is 1. The predicted molar refractivity (Wildman–Crippen MR) is 91.9 cm³/mol. The van der Waals surface area contributed by atoms with Crippen LogP contribution in [0, 0.1) is 6.92 Å². The molecule has 23 heavy (non-hydrogen) atoms. The van der Waals surface area contributed by atoms with Crippen molar-refractivity contribution in [2.75, 3.05) is 32.6 Å². The standard InChI is InChI=1S/C18H24N4O/c1-13-5-6-17(23-4)14(9-13)10-22-8-7-16-15(11-22)18(21(2)3)20-12-19-16/h5-6,9,12H,7-8,10-11H2,1-4H3. The van der Waals surface area contributed by atoms with Crippen LogP contribution < -0.4 is 9.64 Å². The molecule has 0 amide bonds. The highest BCUT2D eigenvalue weighted by Gasteiger charge is 2.22. The van der Waals surface area contributed by atoms with Crippen molar-refractivity contribution >= 4 is 5.82 Å². The molecule has 5 heteroatoms. The van der Waals surface area contributed by atoms with Gasteiger partial charge in [0, 0.05) is 51.3 Å². The number of fused-ring (bicyclic) bond motifs is 1. The lowest BCUT2D eigenvalue weighted by Crippen LogP contribution is -2.32. The highest BCUT2D eigenvalue weighted by molar-refractivity contribution is 5.48. The van der Waals surface area contributed by atoms with E-state index in [1.54, 1.807) is 13.4 Å². The van der Waals surface area contributed by atoms with E-state index in [0.717, 1.165) is 37.6 Å². The van der Waals surface area contributed by atoms with Crippen molar-refractivity contribution in [1.82, 2.24) is 14.9 Å². The first kappa shape index (κ1) is 15.7. The molecule has 0 spiro atoms. The van der Waals surface area contributed by atoms with Crippen LogP contribution in [0.15, 0.2) is 24.5 Å². The molecule has 0 atom stereocenters. The van der Waals surface area contributed by atoms with Crippen LogP contribution in [0.3, 0.4) is 0 Å². The van der Waals surface area contributed by atoms with Crippen molar-refractivity contribution in [3.05, 3.63) is 46.9 Å². The number of hydrogen-bond donors (Lipinski definition) is 0. The maximum absolute atomic E-state index is 5.51. The van der Waals surface area contributed by atoms with E-state index in [1.165, 1.54) is 22.4 Å². The van der Waals surface area contributed by atoms with E-state index in [0.29, 0.717) is 0 Å². The Morgan fingerprint density at radius 1 is 1.26 bits per heavy atom. The fourth-order valence-electron chi connectivity index (χ4n) is 3.17. The fraction of sp³-hybridized carbons (Fsp3) is 0.444. The number of anilines is 1. The Morgan fingerprint density at radius 3 is 2.83 bits per heavy atom. The quantitative estimate of drug-likeness (QED) is 0.867. The maximum Gasteiger partial charge on any atom is 0.136 e. The van der Waals surface area contributed by atoms with Gasteiger partial charge in [0.2, 0.25) is 0 Å². The monoisotopic (exact) mass is 312 g/mol. The second-order valence-electron chi connectivity index (χ2n) is 6.29. The lowest BCUT2D eigenvalue weighted by Gasteiger charge is -2.30. The minimum absolute atomic E-state index is 0.876. The Balaban J connectivity index is 1.84. The van der Waals surface area contributed by atoms with E-state index >= 15 is 0 Å². The number of rotatable bonds is 4. The van der Waals surface area contributed by atoms with Gasteiger partial charge < -0.3 is 9.64 Å². The molecule has 1 aromatic carbocycles. The van der Waals surface area contributed by atoms with Crippen LogP contribution in [-0.2, 0) is 19.5 Å². The zero-order valence-corrected chi connectivity index (χ0v) is 14.3. The van der Waals surface area contributed by atoms with E-state index in [9.17, 15) is 0 Å². The van der Waals surface area contributed by atoms with Gasteiger partial charge in [0.05, 0.1) is 12.8 Å². The van der Waals surface area contributed by atoms with Crippen LogP contribution >= 0.6 is 0 Å². The van der Waals surface area contributed by atoms with Gasteiger partial charge in [-0.2, -0.15) is 0 Å². The number of ether oxygens (including phenoxy) is 1. The van der Waals surface area contributed by atoms with Gasteiger partial charge in [-0.05, 0) is 13.0 Å². The molecule has 0 saturated heterocycles. The molecule has 122 valence electrons. The third-order valence-corrected chi connectivity index (χ3v) is 4.31. The largest absolute Gasteiger partial charge is 0.496 e. The Labute approximate surface area is 137 Å². The number of hydrogen-bond acceptors (Lipinski definition) is 5. The molecule has 1 aromatic heterocycles. The summed E-state index contributed by atoms with van der Waals surface area (Å²) in [6, 6.07) is 6.35. The summed E-state index contributed by atoms with van der Waals surface area (Å²) >= 11 is 0. The SMILES string of the molecule is COc1ccc(C)cc1CN1CCc2ncnc(N(C)C)c2C1. The van der Waals surface area contributed by atoms with Crippen molar-refractivity contribution in [1.29, 1.82) is 0 Å². The molecule has 0 radical (unpaired) electrons. The molecule has 0 N–H and O–H groups in total. The molecule has 0 unspecified atom stereocenters.